The number of fused-ring (bicyclic) bond motifs is 1. The average molecular weight is 718 g/mol. The van der Waals surface area contributed by atoms with Crippen molar-refractivity contribution in [3.8, 4) is 28.4 Å². The fraction of sp³-hybridized carbons (Fsp3) is 0.537. The van der Waals surface area contributed by atoms with Crippen LogP contribution in [0.2, 0.25) is 0 Å². The molecule has 4 aliphatic rings. The lowest BCUT2D eigenvalue weighted by atomic mass is 9.63. The molecule has 7 rings (SSSR count). The number of aromatic nitrogens is 1. The van der Waals surface area contributed by atoms with Crippen LogP contribution < -0.4 is 20.3 Å². The lowest BCUT2D eigenvalue weighted by Gasteiger charge is -2.55. The Hall–Kier alpha value is -4.38. The molecule has 4 aliphatic carbocycles. The fourth-order valence-electron chi connectivity index (χ4n) is 8.91. The van der Waals surface area contributed by atoms with Gasteiger partial charge in [-0.05, 0) is 141 Å². The Bertz CT molecular complexity index is 1920. The van der Waals surface area contributed by atoms with Gasteiger partial charge in [0, 0.05) is 47.6 Å². The van der Waals surface area contributed by atoms with Crippen LogP contribution in [0.5, 0.6) is 17.2 Å². The molecule has 2 bridgehead atoms. The zero-order chi connectivity index (χ0) is 38.0. The average Bonchev–Trinajstić information content (AvgIpc) is 3.58. The summed E-state index contributed by atoms with van der Waals surface area (Å²) in [5.74, 6) is 1.03. The summed E-state index contributed by atoms with van der Waals surface area (Å²) in [7, 11) is 1.66. The zero-order valence-electron chi connectivity index (χ0n) is 31.6. The Morgan fingerprint density at radius 3 is 2.15 bits per heavy atom. The molecule has 0 atom stereocenters. The van der Waals surface area contributed by atoms with Gasteiger partial charge in [-0.3, -0.25) is 14.5 Å². The second-order valence-electron chi connectivity index (χ2n) is 17.0. The van der Waals surface area contributed by atoms with E-state index in [0.29, 0.717) is 96.4 Å². The van der Waals surface area contributed by atoms with Crippen molar-refractivity contribution in [1.82, 2.24) is 14.8 Å². The second-order valence-corrected chi connectivity index (χ2v) is 17.0. The van der Waals surface area contributed by atoms with E-state index in [4.69, 9.17) is 9.47 Å². The molecule has 0 radical (unpaired) electrons. The normalized spacial score (nSPS) is 24.2. The smallest absolute Gasteiger partial charge is 0.408 e. The van der Waals surface area contributed by atoms with Crippen LogP contribution in [0.4, 0.5) is 9.18 Å². The van der Waals surface area contributed by atoms with Crippen molar-refractivity contribution in [1.29, 1.82) is 0 Å². The second kappa shape index (κ2) is 13.2. The molecule has 0 spiro atoms. The molecule has 2 aromatic carbocycles. The van der Waals surface area contributed by atoms with E-state index in [-0.39, 0.29) is 29.4 Å². The highest BCUT2D eigenvalue weighted by atomic mass is 19.1. The number of aliphatic hydroxyl groups is 1. The molecule has 11 heteroatoms. The molecule has 3 aromatic rings. The van der Waals surface area contributed by atoms with Crippen molar-refractivity contribution >= 4 is 12.0 Å². The van der Waals surface area contributed by atoms with Gasteiger partial charge in [-0.1, -0.05) is 6.07 Å². The van der Waals surface area contributed by atoms with E-state index in [1.807, 2.05) is 26.8 Å². The largest absolute Gasteiger partial charge is 0.490 e. The minimum Gasteiger partial charge on any atom is -0.490 e. The van der Waals surface area contributed by atoms with Crippen LogP contribution in [0, 0.1) is 25.1 Å². The van der Waals surface area contributed by atoms with Crippen LogP contribution in [0.25, 0.3) is 11.1 Å². The highest BCUT2D eigenvalue weighted by Crippen LogP contribution is 2.65. The first kappa shape index (κ1) is 37.4. The maximum absolute atomic E-state index is 14.1. The van der Waals surface area contributed by atoms with Gasteiger partial charge in [0.2, 0.25) is 5.91 Å². The van der Waals surface area contributed by atoms with Gasteiger partial charge in [0.1, 0.15) is 23.1 Å². The quantitative estimate of drug-likeness (QED) is 0.207. The predicted molar refractivity (Wildman–Crippen MR) is 196 cm³/mol. The van der Waals surface area contributed by atoms with Crippen LogP contribution in [0.3, 0.4) is 0 Å². The number of benzene rings is 2. The van der Waals surface area contributed by atoms with Crippen LogP contribution in [0.1, 0.15) is 103 Å². The third-order valence-corrected chi connectivity index (χ3v) is 11.3. The number of pyridine rings is 1. The molecule has 10 nitrogen and oxygen atoms in total. The number of ether oxygens (including phenoxy) is 2. The van der Waals surface area contributed by atoms with E-state index in [1.54, 1.807) is 58.0 Å². The highest BCUT2D eigenvalue weighted by molar-refractivity contribution is 5.86. The number of amides is 2. The molecule has 1 aromatic heterocycles. The summed E-state index contributed by atoms with van der Waals surface area (Å²) < 4.78 is 28.6. The first-order valence-electron chi connectivity index (χ1n) is 18.2. The number of nitrogens with one attached hydrogen (secondary N) is 1. The van der Waals surface area contributed by atoms with Gasteiger partial charge in [0.15, 0.2) is 0 Å². The molecule has 0 aliphatic heterocycles. The molecule has 4 saturated carbocycles. The van der Waals surface area contributed by atoms with Crippen molar-refractivity contribution in [3.63, 3.8) is 0 Å². The topological polar surface area (TPSA) is 130 Å². The third kappa shape index (κ3) is 7.04. The van der Waals surface area contributed by atoms with E-state index in [9.17, 15) is 29.0 Å². The lowest BCUT2D eigenvalue weighted by Crippen LogP contribution is -2.66. The number of carbonyl (C=O) groups excluding carboxylic acids is 1. The van der Waals surface area contributed by atoms with Crippen LogP contribution in [-0.2, 0) is 17.4 Å². The predicted octanol–water partition coefficient (Wildman–Crippen LogP) is 7.73. The van der Waals surface area contributed by atoms with Crippen molar-refractivity contribution in [2.75, 3.05) is 0 Å². The highest BCUT2D eigenvalue weighted by Gasteiger charge is 2.69. The van der Waals surface area contributed by atoms with Gasteiger partial charge in [0.25, 0.3) is 5.56 Å². The SMILES string of the molecule is Cc1cc(F)cc(C)c1Oc1ccc(C(C)(C)O)cc1-c1cn(C)c(=O)cc1OC1CCC(NC(=O)C23CCC(N(C(=O)O)C(C)(C)C)(C2)C3)CC1. The molecular weight excluding hydrogens is 665 g/mol. The number of hydrogen-bond donors (Lipinski definition) is 3. The summed E-state index contributed by atoms with van der Waals surface area (Å²) in [4.78, 5) is 40.4. The third-order valence-electron chi connectivity index (χ3n) is 11.3. The number of carboxylic acid groups (broad SMARTS) is 1. The maximum atomic E-state index is 14.1. The molecule has 0 unspecified atom stereocenters. The summed E-state index contributed by atoms with van der Waals surface area (Å²) in [6.07, 6.45) is 5.77. The summed E-state index contributed by atoms with van der Waals surface area (Å²) in [6.45, 7) is 12.7. The number of rotatable bonds is 9. The van der Waals surface area contributed by atoms with Gasteiger partial charge in [-0.2, -0.15) is 0 Å². The maximum Gasteiger partial charge on any atom is 0.408 e. The van der Waals surface area contributed by atoms with Gasteiger partial charge >= 0.3 is 6.09 Å². The van der Waals surface area contributed by atoms with E-state index in [1.165, 1.54) is 22.8 Å². The molecule has 280 valence electrons. The number of carbonyl (C=O) groups is 2. The molecular formula is C41H52FN3O7. The monoisotopic (exact) mass is 717 g/mol. The van der Waals surface area contributed by atoms with Gasteiger partial charge < -0.3 is 29.6 Å². The molecule has 4 fully saturated rings. The summed E-state index contributed by atoms with van der Waals surface area (Å²) in [5, 5.41) is 24.2. The Kier molecular flexibility index (Phi) is 9.51. The van der Waals surface area contributed by atoms with Crippen molar-refractivity contribution in [2.24, 2.45) is 12.5 Å². The molecule has 2 amide bonds. The van der Waals surface area contributed by atoms with Gasteiger partial charge in [-0.15, -0.1) is 0 Å². The fourth-order valence-corrected chi connectivity index (χ4v) is 8.91. The molecule has 3 N–H and O–H groups in total. The van der Waals surface area contributed by atoms with Crippen LogP contribution >= 0.6 is 0 Å². The zero-order valence-corrected chi connectivity index (χ0v) is 31.6. The number of aryl methyl sites for hydroxylation is 3. The van der Waals surface area contributed by atoms with Crippen LogP contribution in [-0.4, -0.2) is 54.9 Å². The lowest BCUT2D eigenvalue weighted by molar-refractivity contribution is -0.143. The minimum absolute atomic E-state index is 0.0175. The van der Waals surface area contributed by atoms with Crippen molar-refractivity contribution < 1.29 is 33.7 Å². The molecule has 0 saturated heterocycles. The number of hydrogen-bond acceptors (Lipinski definition) is 6. The first-order chi connectivity index (χ1) is 24.2. The van der Waals surface area contributed by atoms with Crippen molar-refractivity contribution in [2.45, 2.75) is 129 Å². The number of nitrogens with zero attached hydrogens (tertiary/aromatic N) is 2. The van der Waals surface area contributed by atoms with Gasteiger partial charge in [0.05, 0.1) is 17.1 Å². The van der Waals surface area contributed by atoms with Gasteiger partial charge in [-0.25, -0.2) is 9.18 Å². The van der Waals surface area contributed by atoms with Crippen molar-refractivity contribution in [3.05, 3.63) is 75.5 Å². The number of halogens is 1. The Morgan fingerprint density at radius 1 is 0.942 bits per heavy atom. The van der Waals surface area contributed by atoms with Crippen LogP contribution in [0.15, 0.2) is 47.4 Å². The van der Waals surface area contributed by atoms with E-state index in [0.717, 1.165) is 0 Å². The van der Waals surface area contributed by atoms with E-state index < -0.39 is 28.2 Å². The Morgan fingerprint density at radius 2 is 1.58 bits per heavy atom. The minimum atomic E-state index is -1.17. The summed E-state index contributed by atoms with van der Waals surface area (Å²) >= 11 is 0. The summed E-state index contributed by atoms with van der Waals surface area (Å²) in [6, 6.07) is 9.66. The van der Waals surface area contributed by atoms with E-state index >= 15 is 0 Å². The standard InChI is InChI=1S/C41H52FN3O7/c1-24-17-27(42)18-25(2)35(24)52-32-14-9-26(39(6,7)50)19-30(32)31-21-44(8)34(46)20-33(31)51-29-12-10-28(11-13-29)43-36(47)40-15-16-41(22-40,23-40)45(37(48)49)38(3,4)5/h9,14,17-21,28-29,50H,10-13,15-16,22-23H2,1-8H3,(H,43,47)(H,48,49). The van der Waals surface area contributed by atoms with E-state index in [2.05, 4.69) is 5.32 Å². The Balaban J connectivity index is 1.19. The molecule has 52 heavy (non-hydrogen) atoms. The summed E-state index contributed by atoms with van der Waals surface area (Å²) in [5.41, 5.74) is 0.154. The molecule has 1 heterocycles. The Labute approximate surface area is 304 Å². The first-order valence-corrected chi connectivity index (χ1v) is 18.2.